The molecule has 0 saturated carbocycles. The van der Waals surface area contributed by atoms with Gasteiger partial charge >= 0.3 is 5.97 Å². The van der Waals surface area contributed by atoms with E-state index < -0.39 is 5.97 Å². The number of rotatable bonds is 5. The zero-order valence-corrected chi connectivity index (χ0v) is 14.3. The second-order valence-electron chi connectivity index (χ2n) is 6.14. The summed E-state index contributed by atoms with van der Waals surface area (Å²) < 4.78 is 7.43. The predicted octanol–water partition coefficient (Wildman–Crippen LogP) is 2.70. The number of aromatic nitrogens is 3. The van der Waals surface area contributed by atoms with Gasteiger partial charge in [0.1, 0.15) is 5.75 Å². The van der Waals surface area contributed by atoms with Crippen LogP contribution in [-0.4, -0.2) is 32.0 Å². The summed E-state index contributed by atoms with van der Waals surface area (Å²) in [6, 6.07) is 12.6. The van der Waals surface area contributed by atoms with Gasteiger partial charge in [0.2, 0.25) is 0 Å². The van der Waals surface area contributed by atoms with E-state index in [-0.39, 0.29) is 18.9 Å². The van der Waals surface area contributed by atoms with Crippen LogP contribution in [0.15, 0.2) is 48.7 Å². The van der Waals surface area contributed by atoms with Crippen LogP contribution in [0.5, 0.6) is 11.5 Å². The molecule has 0 radical (unpaired) electrons. The first-order chi connectivity index (χ1) is 13.1. The highest BCUT2D eigenvalue weighted by atomic mass is 16.5. The molecule has 0 spiro atoms. The fourth-order valence-corrected chi connectivity index (χ4v) is 2.93. The summed E-state index contributed by atoms with van der Waals surface area (Å²) in [7, 11) is 0. The number of para-hydroxylation sites is 2. The van der Waals surface area contributed by atoms with Gasteiger partial charge in [0.25, 0.3) is 5.91 Å². The average Bonchev–Trinajstić information content (AvgIpc) is 3.04. The molecule has 1 aromatic heterocycles. The molecular formula is C19H16N4O4. The Balaban J connectivity index is 1.60. The third-order valence-corrected chi connectivity index (χ3v) is 4.22. The molecule has 0 fully saturated rings. The van der Waals surface area contributed by atoms with Crippen molar-refractivity contribution in [3.8, 4) is 11.5 Å². The lowest BCUT2D eigenvalue weighted by Gasteiger charge is -2.11. The Bertz CT molecular complexity index is 1030. The number of aliphatic carboxylic acids is 1. The van der Waals surface area contributed by atoms with Crippen LogP contribution in [0.2, 0.25) is 0 Å². The van der Waals surface area contributed by atoms with Gasteiger partial charge in [0.05, 0.1) is 29.9 Å². The number of hydrogen-bond donors (Lipinski definition) is 2. The lowest BCUT2D eigenvalue weighted by atomic mass is 10.1. The topological polar surface area (TPSA) is 106 Å². The highest BCUT2D eigenvalue weighted by Gasteiger charge is 2.22. The molecule has 136 valence electrons. The van der Waals surface area contributed by atoms with E-state index in [4.69, 9.17) is 9.84 Å². The van der Waals surface area contributed by atoms with E-state index in [1.54, 1.807) is 30.5 Å². The number of carbonyl (C=O) groups excluding carboxylic acids is 1. The molecule has 1 amide bonds. The van der Waals surface area contributed by atoms with Crippen LogP contribution in [0, 0.1) is 0 Å². The van der Waals surface area contributed by atoms with Crippen LogP contribution in [0.3, 0.4) is 0 Å². The quantitative estimate of drug-likeness (QED) is 0.721. The maximum atomic E-state index is 12.5. The molecule has 8 nitrogen and oxygen atoms in total. The highest BCUT2D eigenvalue weighted by Crippen LogP contribution is 2.38. The van der Waals surface area contributed by atoms with E-state index in [9.17, 15) is 9.59 Å². The number of ether oxygens (including phenoxy) is 1. The molecule has 1 aliphatic heterocycles. The van der Waals surface area contributed by atoms with Crippen molar-refractivity contribution < 1.29 is 19.4 Å². The van der Waals surface area contributed by atoms with E-state index in [0.717, 1.165) is 5.56 Å². The summed E-state index contributed by atoms with van der Waals surface area (Å²) >= 11 is 0. The summed E-state index contributed by atoms with van der Waals surface area (Å²) in [5.41, 5.74) is 2.57. The molecule has 2 aromatic carbocycles. The van der Waals surface area contributed by atoms with Crippen LogP contribution in [0.25, 0.3) is 0 Å². The number of nitrogens with one attached hydrogen (secondary N) is 1. The highest BCUT2D eigenvalue weighted by molar-refractivity contribution is 6.08. The summed E-state index contributed by atoms with van der Waals surface area (Å²) in [5, 5.41) is 19.7. The maximum Gasteiger partial charge on any atom is 0.305 e. The van der Waals surface area contributed by atoms with Gasteiger partial charge in [-0.25, -0.2) is 0 Å². The van der Waals surface area contributed by atoms with E-state index in [0.29, 0.717) is 34.9 Å². The zero-order chi connectivity index (χ0) is 18.8. The number of carboxylic acid groups (broad SMARTS) is 1. The lowest BCUT2D eigenvalue weighted by Crippen LogP contribution is -2.12. The van der Waals surface area contributed by atoms with E-state index >= 15 is 0 Å². The van der Waals surface area contributed by atoms with Crippen molar-refractivity contribution in [2.24, 2.45) is 0 Å². The summed E-state index contributed by atoms with van der Waals surface area (Å²) in [5.74, 6) is -0.0589. The molecule has 0 unspecified atom stereocenters. The molecule has 0 bridgehead atoms. The number of carboxylic acids is 1. The lowest BCUT2D eigenvalue weighted by molar-refractivity contribution is -0.137. The van der Waals surface area contributed by atoms with Crippen LogP contribution < -0.4 is 10.1 Å². The molecule has 3 aromatic rings. The number of fused-ring (bicyclic) bond motifs is 2. The first-order valence-corrected chi connectivity index (χ1v) is 8.41. The van der Waals surface area contributed by atoms with Gasteiger partial charge in [-0.3, -0.25) is 14.3 Å². The van der Waals surface area contributed by atoms with Crippen molar-refractivity contribution in [3.63, 3.8) is 0 Å². The fourth-order valence-electron chi connectivity index (χ4n) is 2.93. The van der Waals surface area contributed by atoms with E-state index in [1.807, 2.05) is 18.2 Å². The standard InChI is InChI=1S/C19H16N4O4/c24-17(25)8-9-23-11-13(21-22-23)10-12-4-3-7-16-18(12)20-19(26)14-5-1-2-6-15(14)27-16/h1-7,11H,8-10H2,(H,20,26)(H,24,25). The van der Waals surface area contributed by atoms with Crippen molar-refractivity contribution >= 4 is 17.6 Å². The minimum Gasteiger partial charge on any atom is -0.481 e. The van der Waals surface area contributed by atoms with Crippen molar-refractivity contribution in [3.05, 3.63) is 65.5 Å². The molecule has 0 saturated heterocycles. The summed E-state index contributed by atoms with van der Waals surface area (Å²) in [6.07, 6.45) is 2.11. The molecule has 2 N–H and O–H groups in total. The fraction of sp³-hybridized carbons (Fsp3) is 0.158. The molecule has 8 heteroatoms. The molecule has 0 aliphatic carbocycles. The van der Waals surface area contributed by atoms with Crippen molar-refractivity contribution in [1.29, 1.82) is 0 Å². The number of hydrogen-bond acceptors (Lipinski definition) is 5. The summed E-state index contributed by atoms with van der Waals surface area (Å²) in [4.78, 5) is 23.2. The van der Waals surface area contributed by atoms with Gasteiger partial charge in [-0.15, -0.1) is 5.10 Å². The number of amides is 1. The van der Waals surface area contributed by atoms with Gasteiger partial charge < -0.3 is 15.2 Å². The number of aryl methyl sites for hydroxylation is 1. The van der Waals surface area contributed by atoms with Crippen LogP contribution >= 0.6 is 0 Å². The van der Waals surface area contributed by atoms with Gasteiger partial charge in [-0.1, -0.05) is 29.5 Å². The van der Waals surface area contributed by atoms with E-state index in [1.165, 1.54) is 4.68 Å². The average molecular weight is 364 g/mol. The molecule has 1 aliphatic rings. The monoisotopic (exact) mass is 364 g/mol. The first kappa shape index (κ1) is 16.8. The molecule has 4 rings (SSSR count). The second kappa shape index (κ2) is 6.91. The van der Waals surface area contributed by atoms with Crippen molar-refractivity contribution in [2.75, 3.05) is 5.32 Å². The van der Waals surface area contributed by atoms with Gasteiger partial charge in [0, 0.05) is 12.6 Å². The van der Waals surface area contributed by atoms with Crippen LogP contribution in [0.4, 0.5) is 5.69 Å². The van der Waals surface area contributed by atoms with Crippen molar-refractivity contribution in [2.45, 2.75) is 19.4 Å². The Kier molecular flexibility index (Phi) is 4.29. The molecule has 27 heavy (non-hydrogen) atoms. The first-order valence-electron chi connectivity index (χ1n) is 8.41. The Hall–Kier alpha value is -3.68. The maximum absolute atomic E-state index is 12.5. The zero-order valence-electron chi connectivity index (χ0n) is 14.3. The smallest absolute Gasteiger partial charge is 0.305 e. The third kappa shape index (κ3) is 3.50. The minimum atomic E-state index is -0.889. The van der Waals surface area contributed by atoms with Gasteiger partial charge in [-0.2, -0.15) is 0 Å². The Labute approximate surface area is 154 Å². The number of anilines is 1. The van der Waals surface area contributed by atoms with Gasteiger partial charge in [0.15, 0.2) is 5.75 Å². The Morgan fingerprint density at radius 2 is 1.96 bits per heavy atom. The third-order valence-electron chi connectivity index (χ3n) is 4.22. The summed E-state index contributed by atoms with van der Waals surface area (Å²) in [6.45, 7) is 0.254. The van der Waals surface area contributed by atoms with Gasteiger partial charge in [-0.05, 0) is 23.8 Å². The predicted molar refractivity (Wildman–Crippen MR) is 96.0 cm³/mol. The molecule has 0 atom stereocenters. The van der Waals surface area contributed by atoms with Crippen molar-refractivity contribution in [1.82, 2.24) is 15.0 Å². The largest absolute Gasteiger partial charge is 0.481 e. The van der Waals surface area contributed by atoms with E-state index in [2.05, 4.69) is 15.6 Å². The normalized spacial score (nSPS) is 12.4. The molecule has 2 heterocycles. The number of nitrogens with zero attached hydrogens (tertiary/aromatic N) is 3. The Morgan fingerprint density at radius 1 is 1.15 bits per heavy atom. The second-order valence-corrected chi connectivity index (χ2v) is 6.14. The Morgan fingerprint density at radius 3 is 2.81 bits per heavy atom. The molecular weight excluding hydrogens is 348 g/mol. The number of benzene rings is 2. The van der Waals surface area contributed by atoms with Crippen LogP contribution in [-0.2, 0) is 17.8 Å². The SMILES string of the molecule is O=C(O)CCn1cc(Cc2cccc3c2NC(=O)c2ccccc2O3)nn1. The van der Waals surface area contributed by atoms with Crippen LogP contribution in [0.1, 0.15) is 28.0 Å². The minimum absolute atomic E-state index is 0.0221. The number of carbonyl (C=O) groups is 2.